The van der Waals surface area contributed by atoms with Crippen molar-refractivity contribution in [2.24, 2.45) is 17.8 Å². The van der Waals surface area contributed by atoms with Crippen LogP contribution in [0.15, 0.2) is 0 Å². The van der Waals surface area contributed by atoms with Gasteiger partial charge in [-0.15, -0.1) is 0 Å². The van der Waals surface area contributed by atoms with E-state index in [1.807, 2.05) is 20.8 Å². The summed E-state index contributed by atoms with van der Waals surface area (Å²) in [4.78, 5) is 24.0. The highest BCUT2D eigenvalue weighted by atomic mass is 16.2. The van der Waals surface area contributed by atoms with Crippen LogP contribution in [-0.2, 0) is 9.59 Å². The normalized spacial score (nSPS) is 37.3. The molecule has 68 valence electrons. The second-order valence-corrected chi connectivity index (χ2v) is 3.67. The molecule has 0 aromatic rings. The predicted molar refractivity (Wildman–Crippen MR) is 45.3 cm³/mol. The molecule has 0 aromatic heterocycles. The summed E-state index contributed by atoms with van der Waals surface area (Å²) in [6.07, 6.45) is 0. The number of carbonyl (C=O) groups excluding carboxylic acids is 2. The number of likely N-dealkylation sites (tertiary alicyclic amines) is 1. The van der Waals surface area contributed by atoms with Crippen LogP contribution in [-0.4, -0.2) is 23.8 Å². The van der Waals surface area contributed by atoms with Crippen molar-refractivity contribution in [3.63, 3.8) is 0 Å². The number of imide groups is 1. The Kier molecular flexibility index (Phi) is 2.22. The van der Waals surface area contributed by atoms with Gasteiger partial charge >= 0.3 is 0 Å². The maximum absolute atomic E-state index is 11.4. The van der Waals surface area contributed by atoms with Crippen molar-refractivity contribution >= 4 is 11.8 Å². The predicted octanol–water partition coefficient (Wildman–Crippen LogP) is 0.893. The molecule has 12 heavy (non-hydrogen) atoms. The average Bonchev–Trinajstić information content (AvgIpc) is 2.08. The number of carbonyl (C=O) groups is 2. The molecule has 0 N–H and O–H groups in total. The van der Waals surface area contributed by atoms with Crippen LogP contribution in [0.3, 0.4) is 0 Å². The van der Waals surface area contributed by atoms with E-state index < -0.39 is 0 Å². The first-order valence-corrected chi connectivity index (χ1v) is 4.28. The maximum atomic E-state index is 11.4. The van der Waals surface area contributed by atoms with Crippen LogP contribution in [0.4, 0.5) is 0 Å². The largest absolute Gasteiger partial charge is 0.285 e. The molecule has 0 unspecified atom stereocenters. The third-order valence-corrected chi connectivity index (χ3v) is 3.02. The highest BCUT2D eigenvalue weighted by molar-refractivity contribution is 5.99. The van der Waals surface area contributed by atoms with Gasteiger partial charge in [0.1, 0.15) is 0 Å². The van der Waals surface area contributed by atoms with Crippen LogP contribution in [0.5, 0.6) is 0 Å². The molecule has 0 bridgehead atoms. The molecule has 0 spiro atoms. The van der Waals surface area contributed by atoms with Crippen LogP contribution < -0.4 is 0 Å². The summed E-state index contributed by atoms with van der Waals surface area (Å²) < 4.78 is 0. The maximum Gasteiger partial charge on any atom is 0.232 e. The Morgan fingerprint density at radius 2 is 1.33 bits per heavy atom. The molecule has 3 nitrogen and oxygen atoms in total. The zero-order chi connectivity index (χ0) is 9.46. The van der Waals surface area contributed by atoms with Gasteiger partial charge in [-0.25, -0.2) is 0 Å². The summed E-state index contributed by atoms with van der Waals surface area (Å²) in [6, 6.07) is 0. The number of piperidine rings is 1. The van der Waals surface area contributed by atoms with E-state index in [1.54, 1.807) is 7.05 Å². The van der Waals surface area contributed by atoms with Crippen LogP contribution in [0.2, 0.25) is 0 Å². The molecule has 1 aliphatic heterocycles. The molecule has 3 heteroatoms. The molecule has 1 heterocycles. The molecule has 2 amide bonds. The van der Waals surface area contributed by atoms with Crippen molar-refractivity contribution in [3.8, 4) is 0 Å². The van der Waals surface area contributed by atoms with E-state index in [9.17, 15) is 9.59 Å². The van der Waals surface area contributed by atoms with Gasteiger partial charge in [-0.1, -0.05) is 20.8 Å². The van der Waals surface area contributed by atoms with Crippen LogP contribution in [0.25, 0.3) is 0 Å². The molecule has 1 aliphatic rings. The molecular formula is C9H15NO2. The highest BCUT2D eigenvalue weighted by Gasteiger charge is 2.39. The number of amides is 2. The van der Waals surface area contributed by atoms with Gasteiger partial charge in [-0.3, -0.25) is 14.5 Å². The average molecular weight is 169 g/mol. The van der Waals surface area contributed by atoms with Crippen molar-refractivity contribution in [2.75, 3.05) is 7.05 Å². The fraction of sp³-hybridized carbons (Fsp3) is 0.778. The SMILES string of the molecule is C[C@@H]1[C@H](C)C(=O)N(C)C(=O)[C@@H]1C. The molecule has 1 fully saturated rings. The monoisotopic (exact) mass is 169 g/mol. The van der Waals surface area contributed by atoms with Gasteiger partial charge < -0.3 is 0 Å². The Labute approximate surface area is 72.7 Å². The zero-order valence-corrected chi connectivity index (χ0v) is 8.00. The second-order valence-electron chi connectivity index (χ2n) is 3.67. The zero-order valence-electron chi connectivity index (χ0n) is 8.00. The molecule has 0 aromatic carbocycles. The molecule has 1 rings (SSSR count). The molecule has 3 atom stereocenters. The smallest absolute Gasteiger partial charge is 0.232 e. The summed E-state index contributed by atoms with van der Waals surface area (Å²) >= 11 is 0. The highest BCUT2D eigenvalue weighted by Crippen LogP contribution is 2.28. The van der Waals surface area contributed by atoms with E-state index in [2.05, 4.69) is 0 Å². The molecule has 0 saturated carbocycles. The summed E-state index contributed by atoms with van der Waals surface area (Å²) in [6.45, 7) is 5.72. The van der Waals surface area contributed by atoms with Gasteiger partial charge in [-0.2, -0.15) is 0 Å². The molecular weight excluding hydrogens is 154 g/mol. The van der Waals surface area contributed by atoms with Gasteiger partial charge in [0.2, 0.25) is 11.8 Å². The van der Waals surface area contributed by atoms with Crippen molar-refractivity contribution in [1.29, 1.82) is 0 Å². The topological polar surface area (TPSA) is 37.4 Å². The first-order chi connectivity index (χ1) is 5.46. The lowest BCUT2D eigenvalue weighted by atomic mass is 9.80. The van der Waals surface area contributed by atoms with Crippen molar-refractivity contribution in [3.05, 3.63) is 0 Å². The van der Waals surface area contributed by atoms with Gasteiger partial charge in [0.05, 0.1) is 0 Å². The number of rotatable bonds is 0. The van der Waals surface area contributed by atoms with E-state index in [-0.39, 0.29) is 29.6 Å². The van der Waals surface area contributed by atoms with Crippen LogP contribution >= 0.6 is 0 Å². The van der Waals surface area contributed by atoms with Crippen LogP contribution in [0, 0.1) is 17.8 Å². The summed E-state index contributed by atoms with van der Waals surface area (Å²) in [5.74, 6) is 0.0165. The second kappa shape index (κ2) is 2.88. The van der Waals surface area contributed by atoms with Crippen molar-refractivity contribution in [2.45, 2.75) is 20.8 Å². The Morgan fingerprint density at radius 3 is 1.67 bits per heavy atom. The Balaban J connectivity index is 2.91. The van der Waals surface area contributed by atoms with E-state index in [1.165, 1.54) is 4.90 Å². The first-order valence-electron chi connectivity index (χ1n) is 4.28. The minimum absolute atomic E-state index is 0.0253. The fourth-order valence-corrected chi connectivity index (χ4v) is 1.60. The molecule has 1 saturated heterocycles. The van der Waals surface area contributed by atoms with Crippen molar-refractivity contribution in [1.82, 2.24) is 4.90 Å². The molecule has 0 radical (unpaired) electrons. The number of hydrogen-bond acceptors (Lipinski definition) is 2. The summed E-state index contributed by atoms with van der Waals surface area (Å²) in [5.41, 5.74) is 0. The minimum Gasteiger partial charge on any atom is -0.285 e. The van der Waals surface area contributed by atoms with Crippen LogP contribution in [0.1, 0.15) is 20.8 Å². The summed E-state index contributed by atoms with van der Waals surface area (Å²) in [5, 5.41) is 0. The summed E-state index contributed by atoms with van der Waals surface area (Å²) in [7, 11) is 1.56. The van der Waals surface area contributed by atoms with Gasteiger partial charge in [0.15, 0.2) is 0 Å². The number of nitrogens with zero attached hydrogens (tertiary/aromatic N) is 1. The Morgan fingerprint density at radius 1 is 1.00 bits per heavy atom. The minimum atomic E-state index is -0.0504. The van der Waals surface area contributed by atoms with E-state index in [4.69, 9.17) is 0 Å². The standard InChI is InChI=1S/C9H15NO2/c1-5-6(2)8(11)10(4)9(12)7(5)3/h5-7H,1-4H3/t5-,6+,7-. The quantitative estimate of drug-likeness (QED) is 0.505. The number of hydrogen-bond donors (Lipinski definition) is 0. The third kappa shape index (κ3) is 1.13. The Hall–Kier alpha value is -0.860. The van der Waals surface area contributed by atoms with Gasteiger partial charge in [-0.05, 0) is 5.92 Å². The van der Waals surface area contributed by atoms with E-state index in [0.717, 1.165) is 0 Å². The van der Waals surface area contributed by atoms with Gasteiger partial charge in [0, 0.05) is 18.9 Å². The van der Waals surface area contributed by atoms with E-state index in [0.29, 0.717) is 0 Å². The first kappa shape index (κ1) is 9.23. The third-order valence-electron chi connectivity index (χ3n) is 3.02. The van der Waals surface area contributed by atoms with E-state index >= 15 is 0 Å². The Bertz CT molecular complexity index is 203. The van der Waals surface area contributed by atoms with Crippen molar-refractivity contribution < 1.29 is 9.59 Å². The van der Waals surface area contributed by atoms with Gasteiger partial charge in [0.25, 0.3) is 0 Å². The lowest BCUT2D eigenvalue weighted by Crippen LogP contribution is -2.49. The fourth-order valence-electron chi connectivity index (χ4n) is 1.60. The lowest BCUT2D eigenvalue weighted by Gasteiger charge is -2.35. The molecule has 0 aliphatic carbocycles. The lowest BCUT2D eigenvalue weighted by molar-refractivity contribution is -0.156.